The standard InChI is InChI=1S/C19H29N3O3/c1-16(14-25-18-8-13-24-15-18)20-19(23)22-10-5-9-21(11-12-22)17-6-3-2-4-7-17/h2-4,6-7,16,18H,5,8-15H2,1H3,(H,20,23)/t16-,18-/m0/s1. The first-order valence-corrected chi connectivity index (χ1v) is 9.27. The minimum atomic E-state index is 0.00146. The van der Waals surface area contributed by atoms with Crippen molar-refractivity contribution >= 4 is 11.7 Å². The number of carbonyl (C=O) groups is 1. The van der Waals surface area contributed by atoms with Crippen molar-refractivity contribution in [1.29, 1.82) is 0 Å². The van der Waals surface area contributed by atoms with E-state index in [2.05, 4.69) is 34.5 Å². The van der Waals surface area contributed by atoms with Crippen molar-refractivity contribution in [2.75, 3.05) is 50.9 Å². The Balaban J connectivity index is 1.42. The van der Waals surface area contributed by atoms with Crippen molar-refractivity contribution in [3.63, 3.8) is 0 Å². The molecular formula is C19H29N3O3. The molecular weight excluding hydrogens is 318 g/mol. The minimum absolute atomic E-state index is 0.00146. The zero-order chi connectivity index (χ0) is 17.5. The van der Waals surface area contributed by atoms with Crippen LogP contribution >= 0.6 is 0 Å². The third kappa shape index (κ3) is 5.34. The maximum atomic E-state index is 12.5. The lowest BCUT2D eigenvalue weighted by Gasteiger charge is -2.25. The lowest BCUT2D eigenvalue weighted by Crippen LogP contribution is -2.47. The summed E-state index contributed by atoms with van der Waals surface area (Å²) in [6.45, 7) is 7.34. The third-order valence-electron chi connectivity index (χ3n) is 4.74. The summed E-state index contributed by atoms with van der Waals surface area (Å²) in [7, 11) is 0. The van der Waals surface area contributed by atoms with E-state index < -0.39 is 0 Å². The molecule has 2 fully saturated rings. The van der Waals surface area contributed by atoms with E-state index in [0.717, 1.165) is 45.6 Å². The number of hydrogen-bond acceptors (Lipinski definition) is 4. The van der Waals surface area contributed by atoms with Crippen LogP contribution in [-0.4, -0.2) is 69.1 Å². The Morgan fingerprint density at radius 3 is 2.88 bits per heavy atom. The third-order valence-corrected chi connectivity index (χ3v) is 4.74. The average Bonchev–Trinajstić information content (AvgIpc) is 3.03. The summed E-state index contributed by atoms with van der Waals surface area (Å²) < 4.78 is 11.1. The van der Waals surface area contributed by atoms with Crippen molar-refractivity contribution in [3.05, 3.63) is 30.3 Å². The fraction of sp³-hybridized carbons (Fsp3) is 0.632. The smallest absolute Gasteiger partial charge is 0.317 e. The molecule has 0 saturated carbocycles. The van der Waals surface area contributed by atoms with Crippen LogP contribution < -0.4 is 10.2 Å². The molecule has 0 aliphatic carbocycles. The molecule has 1 aromatic rings. The molecule has 2 saturated heterocycles. The number of carbonyl (C=O) groups excluding carboxylic acids is 1. The molecule has 25 heavy (non-hydrogen) atoms. The Kier molecular flexibility index (Phi) is 6.53. The molecule has 0 spiro atoms. The van der Waals surface area contributed by atoms with Gasteiger partial charge in [-0.3, -0.25) is 0 Å². The fourth-order valence-electron chi connectivity index (χ4n) is 3.29. The van der Waals surface area contributed by atoms with Gasteiger partial charge in [-0.2, -0.15) is 0 Å². The van der Waals surface area contributed by atoms with Crippen LogP contribution in [0.25, 0.3) is 0 Å². The number of nitrogens with zero attached hydrogens (tertiary/aromatic N) is 2. The van der Waals surface area contributed by atoms with Crippen LogP contribution in [0.1, 0.15) is 19.8 Å². The van der Waals surface area contributed by atoms with E-state index in [1.165, 1.54) is 5.69 Å². The number of anilines is 1. The summed E-state index contributed by atoms with van der Waals surface area (Å²) in [6, 6.07) is 10.4. The second kappa shape index (κ2) is 9.06. The zero-order valence-electron chi connectivity index (χ0n) is 15.0. The van der Waals surface area contributed by atoms with Crippen LogP contribution in [-0.2, 0) is 9.47 Å². The summed E-state index contributed by atoms with van der Waals surface area (Å²) in [5, 5.41) is 3.06. The number of ether oxygens (including phenoxy) is 2. The van der Waals surface area contributed by atoms with Crippen LogP contribution in [0.5, 0.6) is 0 Å². The topological polar surface area (TPSA) is 54.0 Å². The molecule has 2 amide bonds. The van der Waals surface area contributed by atoms with Crippen LogP contribution in [0, 0.1) is 0 Å². The lowest BCUT2D eigenvalue weighted by molar-refractivity contribution is 0.0331. The second-order valence-corrected chi connectivity index (χ2v) is 6.83. The average molecular weight is 347 g/mol. The highest BCUT2D eigenvalue weighted by atomic mass is 16.5. The molecule has 2 aliphatic heterocycles. The first-order chi connectivity index (χ1) is 12.2. The van der Waals surface area contributed by atoms with Crippen molar-refractivity contribution in [2.45, 2.75) is 31.9 Å². The maximum Gasteiger partial charge on any atom is 0.317 e. The van der Waals surface area contributed by atoms with Gasteiger partial charge in [-0.1, -0.05) is 18.2 Å². The summed E-state index contributed by atoms with van der Waals surface area (Å²) >= 11 is 0. The number of urea groups is 1. The second-order valence-electron chi connectivity index (χ2n) is 6.83. The van der Waals surface area contributed by atoms with Gasteiger partial charge >= 0.3 is 6.03 Å². The lowest BCUT2D eigenvalue weighted by atomic mass is 10.3. The predicted octanol–water partition coefficient (Wildman–Crippen LogP) is 2.10. The number of nitrogens with one attached hydrogen (secondary N) is 1. The van der Waals surface area contributed by atoms with Crippen LogP contribution in [0.3, 0.4) is 0 Å². The van der Waals surface area contributed by atoms with Crippen molar-refractivity contribution in [2.24, 2.45) is 0 Å². The SMILES string of the molecule is C[C@@H](CO[C@H]1CCOC1)NC(=O)N1CCCN(c2ccccc2)CC1. The Bertz CT molecular complexity index is 534. The summed E-state index contributed by atoms with van der Waals surface area (Å²) in [6.07, 6.45) is 2.10. The van der Waals surface area contributed by atoms with Gasteiger partial charge in [0.15, 0.2) is 0 Å². The van der Waals surface area contributed by atoms with Crippen molar-refractivity contribution in [3.8, 4) is 0 Å². The monoisotopic (exact) mass is 347 g/mol. The number of amides is 2. The first kappa shape index (κ1) is 18.0. The molecule has 2 atom stereocenters. The molecule has 6 nitrogen and oxygen atoms in total. The predicted molar refractivity (Wildman–Crippen MR) is 98.0 cm³/mol. The van der Waals surface area contributed by atoms with Crippen molar-refractivity contribution < 1.29 is 14.3 Å². The number of para-hydroxylation sites is 1. The maximum absolute atomic E-state index is 12.5. The molecule has 1 aromatic carbocycles. The van der Waals surface area contributed by atoms with Gasteiger partial charge in [-0.05, 0) is 31.9 Å². The van der Waals surface area contributed by atoms with Crippen LogP contribution in [0.4, 0.5) is 10.5 Å². The molecule has 0 unspecified atom stereocenters. The van der Waals surface area contributed by atoms with Gasteiger partial charge in [-0.25, -0.2) is 4.79 Å². The molecule has 2 aliphatic rings. The van der Waals surface area contributed by atoms with Gasteiger partial charge in [-0.15, -0.1) is 0 Å². The van der Waals surface area contributed by atoms with Crippen LogP contribution in [0.2, 0.25) is 0 Å². The van der Waals surface area contributed by atoms with Crippen molar-refractivity contribution in [1.82, 2.24) is 10.2 Å². The quantitative estimate of drug-likeness (QED) is 0.886. The number of benzene rings is 1. The van der Waals surface area contributed by atoms with Gasteiger partial charge in [0, 0.05) is 38.5 Å². The zero-order valence-corrected chi connectivity index (χ0v) is 15.0. The molecule has 2 heterocycles. The van der Waals surface area contributed by atoms with Gasteiger partial charge in [0.1, 0.15) is 0 Å². The minimum Gasteiger partial charge on any atom is -0.379 e. The fourth-order valence-corrected chi connectivity index (χ4v) is 3.29. The molecule has 3 rings (SSSR count). The summed E-state index contributed by atoms with van der Waals surface area (Å²) in [4.78, 5) is 16.8. The van der Waals surface area contributed by atoms with E-state index >= 15 is 0 Å². The summed E-state index contributed by atoms with van der Waals surface area (Å²) in [5.74, 6) is 0. The molecule has 1 N–H and O–H groups in total. The highest BCUT2D eigenvalue weighted by molar-refractivity contribution is 5.74. The molecule has 0 radical (unpaired) electrons. The Hall–Kier alpha value is -1.79. The van der Waals surface area contributed by atoms with Gasteiger partial charge < -0.3 is 24.6 Å². The van der Waals surface area contributed by atoms with E-state index in [4.69, 9.17) is 9.47 Å². The largest absolute Gasteiger partial charge is 0.379 e. The highest BCUT2D eigenvalue weighted by Gasteiger charge is 2.22. The Labute approximate surface area is 150 Å². The Morgan fingerprint density at radius 2 is 2.12 bits per heavy atom. The number of hydrogen-bond donors (Lipinski definition) is 1. The normalized spacial score (nSPS) is 22.5. The Morgan fingerprint density at radius 1 is 1.28 bits per heavy atom. The van der Waals surface area contributed by atoms with Crippen LogP contribution in [0.15, 0.2) is 30.3 Å². The van der Waals surface area contributed by atoms with E-state index in [-0.39, 0.29) is 18.2 Å². The molecule has 6 heteroatoms. The van der Waals surface area contributed by atoms with E-state index in [1.54, 1.807) is 0 Å². The highest BCUT2D eigenvalue weighted by Crippen LogP contribution is 2.16. The molecule has 0 aromatic heterocycles. The van der Waals surface area contributed by atoms with E-state index in [9.17, 15) is 4.79 Å². The van der Waals surface area contributed by atoms with E-state index in [1.807, 2.05) is 17.9 Å². The summed E-state index contributed by atoms with van der Waals surface area (Å²) in [5.41, 5.74) is 1.23. The molecule has 138 valence electrons. The first-order valence-electron chi connectivity index (χ1n) is 9.27. The molecule has 0 bridgehead atoms. The van der Waals surface area contributed by atoms with Gasteiger partial charge in [0.2, 0.25) is 0 Å². The number of rotatable bonds is 5. The van der Waals surface area contributed by atoms with Gasteiger partial charge in [0.05, 0.1) is 25.4 Å². The van der Waals surface area contributed by atoms with Gasteiger partial charge in [0.25, 0.3) is 0 Å². The van der Waals surface area contributed by atoms with E-state index in [0.29, 0.717) is 13.2 Å².